The minimum absolute atomic E-state index is 0.197. The maximum Gasteiger partial charge on any atom is 0.336 e. The van der Waals surface area contributed by atoms with E-state index in [1.165, 1.54) is 12.1 Å². The number of carboxylic acids is 1. The number of hydrogen-bond acceptors (Lipinski definition) is 4. The lowest BCUT2D eigenvalue weighted by Crippen LogP contribution is -2.37. The molecule has 1 unspecified atom stereocenters. The lowest BCUT2D eigenvalue weighted by atomic mass is 9.98. The Bertz CT molecular complexity index is 1760. The third kappa shape index (κ3) is 6.81. The summed E-state index contributed by atoms with van der Waals surface area (Å²) in [6.45, 7) is 4.64. The number of carbonyl (C=O) groups is 2. The third-order valence-corrected chi connectivity index (χ3v) is 8.01. The van der Waals surface area contributed by atoms with Crippen molar-refractivity contribution in [2.75, 3.05) is 5.75 Å². The molecule has 0 aliphatic heterocycles. The van der Waals surface area contributed by atoms with E-state index in [1.807, 2.05) is 55.5 Å². The van der Waals surface area contributed by atoms with Gasteiger partial charge in [-0.3, -0.25) is 4.79 Å². The zero-order valence-corrected chi connectivity index (χ0v) is 25.1. The monoisotopic (exact) mass is 595 g/mol. The molecule has 0 saturated heterocycles. The molecule has 0 spiro atoms. The summed E-state index contributed by atoms with van der Waals surface area (Å²) in [6.07, 6.45) is 2.26. The zero-order valence-electron chi connectivity index (χ0n) is 24.2. The van der Waals surface area contributed by atoms with Gasteiger partial charge in [0.2, 0.25) is 0 Å². The minimum Gasteiger partial charge on any atom is -0.478 e. The van der Waals surface area contributed by atoms with Crippen molar-refractivity contribution >= 4 is 35.5 Å². The SMILES string of the molecule is CCCc1nc2c(C)cc(C(=O)NC(CS)Cc3ccc(F)cc3)cc2n1Cc1ccc(-c2ccccc2C(=O)O)cc1. The topological polar surface area (TPSA) is 84.2 Å². The number of nitrogens with one attached hydrogen (secondary N) is 1. The molecule has 0 aliphatic carbocycles. The maximum atomic E-state index is 13.4. The number of hydrogen-bond donors (Lipinski definition) is 3. The summed E-state index contributed by atoms with van der Waals surface area (Å²) in [5.41, 5.74) is 6.94. The number of rotatable bonds is 11. The van der Waals surface area contributed by atoms with E-state index in [2.05, 4.69) is 29.4 Å². The van der Waals surface area contributed by atoms with E-state index in [0.29, 0.717) is 29.8 Å². The van der Waals surface area contributed by atoms with Crippen molar-refractivity contribution in [1.29, 1.82) is 0 Å². The van der Waals surface area contributed by atoms with Crippen molar-refractivity contribution in [1.82, 2.24) is 14.9 Å². The Morgan fingerprint density at radius 2 is 1.70 bits per heavy atom. The molecule has 0 saturated carbocycles. The second kappa shape index (κ2) is 13.3. The number of nitrogens with zero attached hydrogens (tertiary/aromatic N) is 2. The van der Waals surface area contributed by atoms with E-state index < -0.39 is 5.97 Å². The summed E-state index contributed by atoms with van der Waals surface area (Å²) in [5.74, 6) is -0.0615. The Balaban J connectivity index is 1.43. The van der Waals surface area contributed by atoms with E-state index >= 15 is 0 Å². The van der Waals surface area contributed by atoms with Crippen LogP contribution in [0.25, 0.3) is 22.2 Å². The fourth-order valence-electron chi connectivity index (χ4n) is 5.39. The molecule has 6 nitrogen and oxygen atoms in total. The third-order valence-electron chi connectivity index (χ3n) is 7.57. The number of carboxylic acid groups (broad SMARTS) is 1. The van der Waals surface area contributed by atoms with Crippen LogP contribution in [-0.4, -0.2) is 38.3 Å². The molecule has 2 N–H and O–H groups in total. The zero-order chi connectivity index (χ0) is 30.5. The number of carbonyl (C=O) groups excluding carboxylic acids is 1. The first-order valence-corrected chi connectivity index (χ1v) is 15.0. The number of aromatic nitrogens is 2. The molecule has 1 amide bonds. The number of benzene rings is 4. The predicted octanol–water partition coefficient (Wildman–Crippen LogP) is 7.12. The minimum atomic E-state index is -0.958. The van der Waals surface area contributed by atoms with Crippen LogP contribution in [0.2, 0.25) is 0 Å². The van der Waals surface area contributed by atoms with Crippen molar-refractivity contribution in [3.63, 3.8) is 0 Å². The highest BCUT2D eigenvalue weighted by Crippen LogP contribution is 2.27. The van der Waals surface area contributed by atoms with Gasteiger partial charge in [0.05, 0.1) is 16.6 Å². The van der Waals surface area contributed by atoms with E-state index in [1.54, 1.807) is 24.3 Å². The first-order chi connectivity index (χ1) is 20.8. The lowest BCUT2D eigenvalue weighted by molar-refractivity contribution is 0.0697. The molecule has 5 aromatic rings. The first kappa shape index (κ1) is 30.0. The van der Waals surface area contributed by atoms with Crippen LogP contribution in [0.3, 0.4) is 0 Å². The van der Waals surface area contributed by atoms with Crippen molar-refractivity contribution in [3.05, 3.63) is 124 Å². The molecule has 43 heavy (non-hydrogen) atoms. The standard InChI is InChI=1S/C35H34FN3O3S/c1-3-6-32-38-33-22(2)17-26(34(40)37-28(21-43)18-23-11-15-27(36)16-12-23)19-31(33)39(32)20-24-9-13-25(14-10-24)29-7-4-5-8-30(29)35(41)42/h4-5,7-17,19,28,43H,3,6,18,20-21H2,1-2H3,(H,37,40)(H,41,42). The average molecular weight is 596 g/mol. The van der Waals surface area contributed by atoms with E-state index in [4.69, 9.17) is 4.98 Å². The highest BCUT2D eigenvalue weighted by atomic mass is 32.1. The quantitative estimate of drug-likeness (QED) is 0.142. The van der Waals surface area contributed by atoms with Gasteiger partial charge in [0.1, 0.15) is 11.6 Å². The number of imidazole rings is 1. The largest absolute Gasteiger partial charge is 0.478 e. The average Bonchev–Trinajstić information content (AvgIpc) is 3.35. The van der Waals surface area contributed by atoms with Gasteiger partial charge < -0.3 is 15.0 Å². The van der Waals surface area contributed by atoms with Crippen molar-refractivity contribution in [2.45, 2.75) is 45.7 Å². The number of amides is 1. The molecule has 0 bridgehead atoms. The van der Waals surface area contributed by atoms with Gasteiger partial charge in [-0.1, -0.05) is 61.5 Å². The normalized spacial score (nSPS) is 11.9. The molecule has 8 heteroatoms. The van der Waals surface area contributed by atoms with Gasteiger partial charge in [-0.05, 0) is 77.9 Å². The molecule has 0 fully saturated rings. The van der Waals surface area contributed by atoms with Gasteiger partial charge in [-0.25, -0.2) is 14.2 Å². The maximum absolute atomic E-state index is 13.4. The molecule has 1 aromatic heterocycles. The predicted molar refractivity (Wildman–Crippen MR) is 172 cm³/mol. The fourth-order valence-corrected chi connectivity index (χ4v) is 5.61. The number of fused-ring (bicyclic) bond motifs is 1. The van der Waals surface area contributed by atoms with Gasteiger partial charge in [-0.15, -0.1) is 0 Å². The molecule has 0 radical (unpaired) electrons. The second-order valence-electron chi connectivity index (χ2n) is 10.8. The van der Waals surface area contributed by atoms with Crippen LogP contribution in [-0.2, 0) is 19.4 Å². The van der Waals surface area contributed by atoms with Crippen molar-refractivity contribution in [3.8, 4) is 11.1 Å². The smallest absolute Gasteiger partial charge is 0.336 e. The number of aryl methyl sites for hydroxylation is 2. The van der Waals surface area contributed by atoms with Crippen LogP contribution in [0.1, 0.15) is 56.6 Å². The van der Waals surface area contributed by atoms with Crippen LogP contribution in [0.4, 0.5) is 4.39 Å². The Labute approximate surface area is 256 Å². The molecule has 5 rings (SSSR count). The summed E-state index contributed by atoms with van der Waals surface area (Å²) < 4.78 is 15.5. The summed E-state index contributed by atoms with van der Waals surface area (Å²) in [7, 11) is 0. The Hall–Kier alpha value is -4.43. The Morgan fingerprint density at radius 1 is 1.00 bits per heavy atom. The van der Waals surface area contributed by atoms with Crippen LogP contribution in [0.5, 0.6) is 0 Å². The van der Waals surface area contributed by atoms with E-state index in [9.17, 15) is 19.1 Å². The van der Waals surface area contributed by atoms with Gasteiger partial charge in [0.25, 0.3) is 5.91 Å². The van der Waals surface area contributed by atoms with Crippen molar-refractivity contribution < 1.29 is 19.1 Å². The molecule has 0 aliphatic rings. The first-order valence-electron chi connectivity index (χ1n) is 14.3. The van der Waals surface area contributed by atoms with Gasteiger partial charge in [0.15, 0.2) is 0 Å². The van der Waals surface area contributed by atoms with Crippen molar-refractivity contribution in [2.24, 2.45) is 0 Å². The van der Waals surface area contributed by atoms with Crippen LogP contribution in [0.15, 0.2) is 84.9 Å². The molecular formula is C35H34FN3O3S. The second-order valence-corrected chi connectivity index (χ2v) is 11.1. The number of halogens is 1. The summed E-state index contributed by atoms with van der Waals surface area (Å²) >= 11 is 4.44. The summed E-state index contributed by atoms with van der Waals surface area (Å²) in [4.78, 5) is 30.1. The van der Waals surface area contributed by atoms with Crippen LogP contribution < -0.4 is 5.32 Å². The Kier molecular flexibility index (Phi) is 9.26. The summed E-state index contributed by atoms with van der Waals surface area (Å²) in [6, 6.07) is 24.7. The van der Waals surface area contributed by atoms with Gasteiger partial charge in [0, 0.05) is 30.3 Å². The molecule has 1 heterocycles. The van der Waals surface area contributed by atoms with E-state index in [-0.39, 0.29) is 23.3 Å². The lowest BCUT2D eigenvalue weighted by Gasteiger charge is -2.17. The highest BCUT2D eigenvalue weighted by molar-refractivity contribution is 7.80. The molecule has 220 valence electrons. The van der Waals surface area contributed by atoms with Gasteiger partial charge >= 0.3 is 5.97 Å². The molecule has 1 atom stereocenters. The molecular weight excluding hydrogens is 561 g/mol. The van der Waals surface area contributed by atoms with Crippen LogP contribution in [0, 0.1) is 12.7 Å². The molecule has 4 aromatic carbocycles. The number of aromatic carboxylic acids is 1. The fraction of sp³-hybridized carbons (Fsp3) is 0.229. The summed E-state index contributed by atoms with van der Waals surface area (Å²) in [5, 5.41) is 12.7. The number of thiol groups is 1. The van der Waals surface area contributed by atoms with Crippen LogP contribution >= 0.6 is 12.6 Å². The van der Waals surface area contributed by atoms with Gasteiger partial charge in [-0.2, -0.15) is 12.6 Å². The highest BCUT2D eigenvalue weighted by Gasteiger charge is 2.19. The van der Waals surface area contributed by atoms with E-state index in [0.717, 1.165) is 52.0 Å². The Morgan fingerprint density at radius 3 is 2.37 bits per heavy atom.